The third kappa shape index (κ3) is 6.68. The summed E-state index contributed by atoms with van der Waals surface area (Å²) >= 11 is 6.08. The maximum atomic E-state index is 12.5. The zero-order chi connectivity index (χ0) is 21.2. The van der Waals surface area contributed by atoms with Crippen LogP contribution in [0, 0.1) is 0 Å². The molecule has 0 aliphatic heterocycles. The summed E-state index contributed by atoms with van der Waals surface area (Å²) < 4.78 is 16.5. The Kier molecular flexibility index (Phi) is 8.80. The summed E-state index contributed by atoms with van der Waals surface area (Å²) in [4.78, 5) is 24.7. The molecular weight excluding hydrogens is 394 g/mol. The number of carbonyl (C=O) groups is 2. The first kappa shape index (κ1) is 22.6. The number of halogens is 1. The van der Waals surface area contributed by atoms with Gasteiger partial charge in [0.1, 0.15) is 0 Å². The molecule has 1 N–H and O–H groups in total. The van der Waals surface area contributed by atoms with Crippen molar-refractivity contribution in [2.45, 2.75) is 39.8 Å². The van der Waals surface area contributed by atoms with Gasteiger partial charge in [-0.05, 0) is 50.1 Å². The molecule has 0 spiro atoms. The van der Waals surface area contributed by atoms with Gasteiger partial charge in [-0.25, -0.2) is 4.79 Å². The van der Waals surface area contributed by atoms with E-state index in [1.165, 1.54) is 6.92 Å². The van der Waals surface area contributed by atoms with Gasteiger partial charge in [-0.3, -0.25) is 4.79 Å². The number of carbonyl (C=O) groups excluding carboxylic acids is 2. The van der Waals surface area contributed by atoms with Crippen molar-refractivity contribution in [1.82, 2.24) is 5.32 Å². The van der Waals surface area contributed by atoms with E-state index in [1.807, 2.05) is 32.0 Å². The quantitative estimate of drug-likeness (QED) is 0.578. The number of benzene rings is 2. The van der Waals surface area contributed by atoms with Gasteiger partial charge in [0.2, 0.25) is 0 Å². The van der Waals surface area contributed by atoms with E-state index >= 15 is 0 Å². The molecule has 0 radical (unpaired) electrons. The predicted molar refractivity (Wildman–Crippen MR) is 112 cm³/mol. The Balaban J connectivity index is 1.98. The second kappa shape index (κ2) is 11.3. The second-order valence-corrected chi connectivity index (χ2v) is 6.71. The first-order valence-electron chi connectivity index (χ1n) is 9.58. The number of esters is 1. The van der Waals surface area contributed by atoms with E-state index in [-0.39, 0.29) is 12.1 Å². The minimum atomic E-state index is -0.962. The van der Waals surface area contributed by atoms with Crippen molar-refractivity contribution in [1.29, 1.82) is 0 Å². The third-order valence-electron chi connectivity index (χ3n) is 4.00. The standard InChI is InChI=1S/C22H26ClNO5/c1-4-12-28-19-11-10-16(13-20(19)27-5-2)22(26)29-15(3)21(25)24-14-17-8-6-7-9-18(17)23/h6-11,13,15H,4-5,12,14H2,1-3H3,(H,24,25). The van der Waals surface area contributed by atoms with Crippen molar-refractivity contribution < 1.29 is 23.8 Å². The van der Waals surface area contributed by atoms with Gasteiger partial charge < -0.3 is 19.5 Å². The lowest BCUT2D eigenvalue weighted by Crippen LogP contribution is -2.35. The minimum absolute atomic E-state index is 0.248. The average molecular weight is 420 g/mol. The van der Waals surface area contributed by atoms with Crippen LogP contribution in [0.2, 0.25) is 5.02 Å². The molecule has 1 unspecified atom stereocenters. The number of hydrogen-bond acceptors (Lipinski definition) is 5. The SMILES string of the molecule is CCCOc1ccc(C(=O)OC(C)C(=O)NCc2ccccc2Cl)cc1OCC. The molecule has 156 valence electrons. The Morgan fingerprint density at radius 1 is 1.07 bits per heavy atom. The smallest absolute Gasteiger partial charge is 0.339 e. The molecule has 7 heteroatoms. The molecule has 29 heavy (non-hydrogen) atoms. The number of hydrogen-bond donors (Lipinski definition) is 1. The van der Waals surface area contributed by atoms with Crippen LogP contribution in [0.25, 0.3) is 0 Å². The molecule has 6 nitrogen and oxygen atoms in total. The first-order valence-corrected chi connectivity index (χ1v) is 9.95. The maximum absolute atomic E-state index is 12.5. The number of amides is 1. The van der Waals surface area contributed by atoms with E-state index in [0.717, 1.165) is 12.0 Å². The van der Waals surface area contributed by atoms with Crippen LogP contribution in [0.15, 0.2) is 42.5 Å². The molecule has 0 heterocycles. The maximum Gasteiger partial charge on any atom is 0.339 e. The summed E-state index contributed by atoms with van der Waals surface area (Å²) in [6.07, 6.45) is -0.104. The number of ether oxygens (including phenoxy) is 3. The highest BCUT2D eigenvalue weighted by molar-refractivity contribution is 6.31. The number of nitrogens with one attached hydrogen (secondary N) is 1. The molecule has 0 saturated carbocycles. The van der Waals surface area contributed by atoms with Crippen molar-refractivity contribution in [3.05, 3.63) is 58.6 Å². The summed E-state index contributed by atoms with van der Waals surface area (Å²) in [5, 5.41) is 3.28. The summed E-state index contributed by atoms with van der Waals surface area (Å²) in [5.41, 5.74) is 1.06. The monoisotopic (exact) mass is 419 g/mol. The summed E-state index contributed by atoms with van der Waals surface area (Å²) in [6.45, 7) is 6.60. The lowest BCUT2D eigenvalue weighted by molar-refractivity contribution is -0.129. The van der Waals surface area contributed by atoms with Crippen molar-refractivity contribution in [3.8, 4) is 11.5 Å². The van der Waals surface area contributed by atoms with Crippen molar-refractivity contribution in [2.75, 3.05) is 13.2 Å². The van der Waals surface area contributed by atoms with Gasteiger partial charge in [0.05, 0.1) is 18.8 Å². The Morgan fingerprint density at radius 3 is 2.52 bits per heavy atom. The van der Waals surface area contributed by atoms with Crippen LogP contribution in [0.4, 0.5) is 0 Å². The summed E-state index contributed by atoms with van der Waals surface area (Å²) in [7, 11) is 0. The van der Waals surface area contributed by atoms with E-state index < -0.39 is 18.0 Å². The molecule has 0 fully saturated rings. The molecular formula is C22H26ClNO5. The van der Waals surface area contributed by atoms with Gasteiger partial charge in [0.25, 0.3) is 5.91 Å². The second-order valence-electron chi connectivity index (χ2n) is 6.30. The summed E-state index contributed by atoms with van der Waals surface area (Å²) in [5.74, 6) is 0.00148. The van der Waals surface area contributed by atoms with E-state index in [1.54, 1.807) is 24.3 Å². The van der Waals surface area contributed by atoms with Gasteiger partial charge in [-0.1, -0.05) is 36.7 Å². The molecule has 0 aliphatic carbocycles. The Labute approximate surface area is 176 Å². The largest absolute Gasteiger partial charge is 0.490 e. The van der Waals surface area contributed by atoms with Crippen molar-refractivity contribution in [3.63, 3.8) is 0 Å². The Bertz CT molecular complexity index is 840. The van der Waals surface area contributed by atoms with Crippen LogP contribution in [0.3, 0.4) is 0 Å². The van der Waals surface area contributed by atoms with E-state index in [4.69, 9.17) is 25.8 Å². The lowest BCUT2D eigenvalue weighted by Gasteiger charge is -2.15. The Hall–Kier alpha value is -2.73. The lowest BCUT2D eigenvalue weighted by atomic mass is 10.2. The molecule has 0 aromatic heterocycles. The highest BCUT2D eigenvalue weighted by Gasteiger charge is 2.20. The van der Waals surface area contributed by atoms with Crippen LogP contribution >= 0.6 is 11.6 Å². The zero-order valence-electron chi connectivity index (χ0n) is 16.9. The van der Waals surface area contributed by atoms with E-state index in [0.29, 0.717) is 29.7 Å². The highest BCUT2D eigenvalue weighted by atomic mass is 35.5. The van der Waals surface area contributed by atoms with Crippen LogP contribution < -0.4 is 14.8 Å². The highest BCUT2D eigenvalue weighted by Crippen LogP contribution is 2.29. The normalized spacial score (nSPS) is 11.4. The van der Waals surface area contributed by atoms with Gasteiger partial charge >= 0.3 is 5.97 Å². The van der Waals surface area contributed by atoms with E-state index in [2.05, 4.69) is 5.32 Å². The molecule has 1 amide bonds. The first-order chi connectivity index (χ1) is 14.0. The van der Waals surface area contributed by atoms with Crippen LogP contribution in [0.1, 0.15) is 43.1 Å². The van der Waals surface area contributed by atoms with Gasteiger partial charge in [-0.15, -0.1) is 0 Å². The molecule has 2 aromatic rings. The number of rotatable bonds is 10. The van der Waals surface area contributed by atoms with Crippen LogP contribution in [-0.4, -0.2) is 31.2 Å². The van der Waals surface area contributed by atoms with Gasteiger partial charge in [-0.2, -0.15) is 0 Å². The van der Waals surface area contributed by atoms with Crippen molar-refractivity contribution >= 4 is 23.5 Å². The average Bonchev–Trinajstić information content (AvgIpc) is 2.72. The van der Waals surface area contributed by atoms with Crippen LogP contribution in [-0.2, 0) is 16.1 Å². The molecule has 0 aliphatic rings. The molecule has 2 rings (SSSR count). The van der Waals surface area contributed by atoms with Crippen LogP contribution in [0.5, 0.6) is 11.5 Å². The Morgan fingerprint density at radius 2 is 1.83 bits per heavy atom. The molecule has 1 atom stereocenters. The predicted octanol–water partition coefficient (Wildman–Crippen LogP) is 4.39. The third-order valence-corrected chi connectivity index (χ3v) is 4.37. The van der Waals surface area contributed by atoms with E-state index in [9.17, 15) is 9.59 Å². The molecule has 2 aromatic carbocycles. The fourth-order valence-corrected chi connectivity index (χ4v) is 2.69. The topological polar surface area (TPSA) is 73.9 Å². The zero-order valence-corrected chi connectivity index (χ0v) is 17.6. The molecule has 0 bridgehead atoms. The fraction of sp³-hybridized carbons (Fsp3) is 0.364. The minimum Gasteiger partial charge on any atom is -0.490 e. The molecule has 0 saturated heterocycles. The van der Waals surface area contributed by atoms with Gasteiger partial charge in [0.15, 0.2) is 17.6 Å². The van der Waals surface area contributed by atoms with Crippen molar-refractivity contribution in [2.24, 2.45) is 0 Å². The fourth-order valence-electron chi connectivity index (χ4n) is 2.48. The van der Waals surface area contributed by atoms with Gasteiger partial charge in [0, 0.05) is 11.6 Å². The summed E-state index contributed by atoms with van der Waals surface area (Å²) in [6, 6.07) is 12.0.